The predicted molar refractivity (Wildman–Crippen MR) is 86.3 cm³/mol. The Labute approximate surface area is 133 Å². The van der Waals surface area contributed by atoms with Gasteiger partial charge in [0.15, 0.2) is 0 Å². The molecule has 118 valence electrons. The summed E-state index contributed by atoms with van der Waals surface area (Å²) in [7, 11) is 0. The zero-order chi connectivity index (χ0) is 15.8. The monoisotopic (exact) mass is 312 g/mol. The van der Waals surface area contributed by atoms with Crippen molar-refractivity contribution in [2.75, 3.05) is 36.0 Å². The van der Waals surface area contributed by atoms with Crippen LogP contribution in [-0.4, -0.2) is 45.8 Å². The number of rotatable bonds is 2. The topological polar surface area (TPSA) is 49.6 Å². The Bertz CT molecular complexity index is 837. The molecule has 1 aliphatic rings. The lowest BCUT2D eigenvalue weighted by Crippen LogP contribution is -2.47. The van der Waals surface area contributed by atoms with Gasteiger partial charge in [-0.05, 0) is 19.1 Å². The molecule has 0 aliphatic carbocycles. The summed E-state index contributed by atoms with van der Waals surface area (Å²) >= 11 is 0. The molecule has 2 aromatic heterocycles. The van der Waals surface area contributed by atoms with Crippen molar-refractivity contribution in [3.8, 4) is 0 Å². The molecule has 3 aromatic rings. The van der Waals surface area contributed by atoms with Crippen molar-refractivity contribution in [1.82, 2.24) is 19.6 Å². The maximum atomic E-state index is 13.9. The molecule has 6 nitrogen and oxygen atoms in total. The molecule has 0 bridgehead atoms. The normalized spacial score (nSPS) is 15.4. The van der Waals surface area contributed by atoms with Crippen molar-refractivity contribution in [3.05, 3.63) is 48.2 Å². The number of nitrogens with zero attached hydrogens (tertiary/aromatic N) is 6. The molecule has 0 saturated carbocycles. The van der Waals surface area contributed by atoms with E-state index in [-0.39, 0.29) is 5.82 Å². The molecule has 1 aliphatic heterocycles. The standard InChI is InChI=1S/C16H17FN6/c1-12-10-15(23-16(20-12)18-11-19-23)22-8-6-21(7-9-22)14-5-3-2-4-13(14)17/h2-5,10-11H,6-9H2,1H3. The first-order valence-electron chi connectivity index (χ1n) is 7.64. The molecule has 0 radical (unpaired) electrons. The van der Waals surface area contributed by atoms with Crippen LogP contribution in [0.3, 0.4) is 0 Å². The highest BCUT2D eigenvalue weighted by Crippen LogP contribution is 2.23. The van der Waals surface area contributed by atoms with Crippen molar-refractivity contribution in [2.24, 2.45) is 0 Å². The number of hydrogen-bond acceptors (Lipinski definition) is 5. The molecule has 0 amide bonds. The van der Waals surface area contributed by atoms with Crippen LogP contribution < -0.4 is 9.80 Å². The average molecular weight is 312 g/mol. The van der Waals surface area contributed by atoms with Crippen LogP contribution >= 0.6 is 0 Å². The SMILES string of the molecule is Cc1cc(N2CCN(c3ccccc3F)CC2)n2ncnc2n1. The van der Waals surface area contributed by atoms with Gasteiger partial charge in [0, 0.05) is 37.9 Å². The maximum Gasteiger partial charge on any atom is 0.254 e. The molecule has 0 N–H and O–H groups in total. The second-order valence-corrected chi connectivity index (χ2v) is 5.65. The van der Waals surface area contributed by atoms with Gasteiger partial charge in [-0.15, -0.1) is 0 Å². The Morgan fingerprint density at radius 3 is 2.57 bits per heavy atom. The molecule has 0 atom stereocenters. The minimum absolute atomic E-state index is 0.167. The smallest absolute Gasteiger partial charge is 0.254 e. The molecule has 1 fully saturated rings. The molecule has 0 unspecified atom stereocenters. The zero-order valence-electron chi connectivity index (χ0n) is 12.9. The molecule has 4 rings (SSSR count). The Hall–Kier alpha value is -2.70. The highest BCUT2D eigenvalue weighted by Gasteiger charge is 2.21. The third kappa shape index (κ3) is 2.48. The van der Waals surface area contributed by atoms with Gasteiger partial charge in [0.2, 0.25) is 0 Å². The average Bonchev–Trinajstić information content (AvgIpc) is 3.03. The largest absolute Gasteiger partial charge is 0.366 e. The highest BCUT2D eigenvalue weighted by atomic mass is 19.1. The van der Waals surface area contributed by atoms with Gasteiger partial charge in [-0.2, -0.15) is 14.6 Å². The van der Waals surface area contributed by atoms with Crippen molar-refractivity contribution < 1.29 is 4.39 Å². The summed E-state index contributed by atoms with van der Waals surface area (Å²) in [6.45, 7) is 5.07. The van der Waals surface area contributed by atoms with Gasteiger partial charge < -0.3 is 9.80 Å². The van der Waals surface area contributed by atoms with E-state index >= 15 is 0 Å². The lowest BCUT2D eigenvalue weighted by Gasteiger charge is -2.37. The van der Waals surface area contributed by atoms with Crippen LogP contribution in [0.5, 0.6) is 0 Å². The summed E-state index contributed by atoms with van der Waals surface area (Å²) in [6.07, 6.45) is 1.51. The van der Waals surface area contributed by atoms with Crippen molar-refractivity contribution >= 4 is 17.3 Å². The van der Waals surface area contributed by atoms with E-state index in [0.29, 0.717) is 11.5 Å². The quantitative estimate of drug-likeness (QED) is 0.723. The van der Waals surface area contributed by atoms with Gasteiger partial charge in [-0.3, -0.25) is 0 Å². The van der Waals surface area contributed by atoms with Crippen LogP contribution in [0.2, 0.25) is 0 Å². The first-order valence-corrected chi connectivity index (χ1v) is 7.64. The van der Waals surface area contributed by atoms with Crippen molar-refractivity contribution in [1.29, 1.82) is 0 Å². The minimum atomic E-state index is -0.167. The Morgan fingerprint density at radius 2 is 1.78 bits per heavy atom. The van der Waals surface area contributed by atoms with Crippen molar-refractivity contribution in [2.45, 2.75) is 6.92 Å². The number of anilines is 2. The predicted octanol–water partition coefficient (Wildman–Crippen LogP) is 1.90. The molecule has 7 heteroatoms. The molecule has 0 spiro atoms. The number of aromatic nitrogens is 4. The maximum absolute atomic E-state index is 13.9. The summed E-state index contributed by atoms with van der Waals surface area (Å²) in [4.78, 5) is 12.9. The molecule has 1 aromatic carbocycles. The van der Waals surface area contributed by atoms with Crippen LogP contribution in [0.25, 0.3) is 5.78 Å². The van der Waals surface area contributed by atoms with Crippen LogP contribution in [0.1, 0.15) is 5.69 Å². The molecule has 23 heavy (non-hydrogen) atoms. The summed E-state index contributed by atoms with van der Waals surface area (Å²) in [5.74, 6) is 1.43. The molecular formula is C16H17FN6. The molecule has 1 saturated heterocycles. The van der Waals surface area contributed by atoms with Gasteiger partial charge in [-0.25, -0.2) is 9.37 Å². The Kier molecular flexibility index (Phi) is 3.33. The third-order valence-electron chi connectivity index (χ3n) is 4.16. The van der Waals surface area contributed by atoms with Crippen LogP contribution in [0.4, 0.5) is 15.9 Å². The second-order valence-electron chi connectivity index (χ2n) is 5.65. The van der Waals surface area contributed by atoms with Crippen LogP contribution in [0.15, 0.2) is 36.7 Å². The van der Waals surface area contributed by atoms with Gasteiger partial charge >= 0.3 is 0 Å². The number of aryl methyl sites for hydroxylation is 1. The highest BCUT2D eigenvalue weighted by molar-refractivity contribution is 5.52. The number of piperazine rings is 1. The van der Waals surface area contributed by atoms with E-state index in [1.54, 1.807) is 10.6 Å². The minimum Gasteiger partial charge on any atom is -0.366 e. The van der Waals surface area contributed by atoms with E-state index in [1.165, 1.54) is 12.4 Å². The summed E-state index contributed by atoms with van der Waals surface area (Å²) < 4.78 is 15.7. The summed E-state index contributed by atoms with van der Waals surface area (Å²) in [5, 5.41) is 4.25. The fourth-order valence-electron chi connectivity index (χ4n) is 3.02. The number of hydrogen-bond donors (Lipinski definition) is 0. The molecule has 3 heterocycles. The summed E-state index contributed by atoms with van der Waals surface area (Å²) in [6, 6.07) is 8.94. The van der Waals surface area contributed by atoms with E-state index in [9.17, 15) is 4.39 Å². The van der Waals surface area contributed by atoms with Gasteiger partial charge in [0.05, 0.1) is 5.69 Å². The second kappa shape index (κ2) is 5.49. The van der Waals surface area contributed by atoms with Crippen molar-refractivity contribution in [3.63, 3.8) is 0 Å². The zero-order valence-corrected chi connectivity index (χ0v) is 12.9. The van der Waals surface area contributed by atoms with E-state index in [2.05, 4.69) is 24.9 Å². The van der Waals surface area contributed by atoms with Gasteiger partial charge in [0.25, 0.3) is 5.78 Å². The van der Waals surface area contributed by atoms with E-state index < -0.39 is 0 Å². The summed E-state index contributed by atoms with van der Waals surface area (Å²) in [5.41, 5.74) is 1.58. The van der Waals surface area contributed by atoms with Gasteiger partial charge in [0.1, 0.15) is 18.0 Å². The third-order valence-corrected chi connectivity index (χ3v) is 4.16. The van der Waals surface area contributed by atoms with E-state index in [4.69, 9.17) is 0 Å². The fraction of sp³-hybridized carbons (Fsp3) is 0.312. The molecular weight excluding hydrogens is 295 g/mol. The fourth-order valence-corrected chi connectivity index (χ4v) is 3.02. The Morgan fingerprint density at radius 1 is 1.04 bits per heavy atom. The van der Waals surface area contributed by atoms with E-state index in [1.807, 2.05) is 25.1 Å². The number of benzene rings is 1. The first-order chi connectivity index (χ1) is 11.2. The number of para-hydroxylation sites is 1. The van der Waals surface area contributed by atoms with Gasteiger partial charge in [-0.1, -0.05) is 12.1 Å². The first kappa shape index (κ1) is 13.9. The number of fused-ring (bicyclic) bond motifs is 1. The van der Waals surface area contributed by atoms with E-state index in [0.717, 1.165) is 37.7 Å². The Balaban J connectivity index is 1.57. The lowest BCUT2D eigenvalue weighted by molar-refractivity contribution is 0.593. The lowest BCUT2D eigenvalue weighted by atomic mass is 10.2. The van der Waals surface area contributed by atoms with Crippen LogP contribution in [0, 0.1) is 12.7 Å². The van der Waals surface area contributed by atoms with Crippen LogP contribution in [-0.2, 0) is 0 Å². The number of halogens is 1.